The molecule has 1 saturated carbocycles. The molecule has 0 saturated heterocycles. The van der Waals surface area contributed by atoms with Crippen LogP contribution in [0, 0.1) is 13.8 Å². The molecule has 1 aliphatic carbocycles. The smallest absolute Gasteiger partial charge is 0.166 e. The normalized spacial score (nSPS) is 17.2. The Morgan fingerprint density at radius 3 is 2.79 bits per heavy atom. The van der Waals surface area contributed by atoms with Crippen molar-refractivity contribution in [1.82, 2.24) is 9.71 Å². The molecule has 0 radical (unpaired) electrons. The van der Waals surface area contributed by atoms with Gasteiger partial charge in [0.25, 0.3) is 0 Å². The van der Waals surface area contributed by atoms with Gasteiger partial charge in [-0.2, -0.15) is 0 Å². The van der Waals surface area contributed by atoms with Crippen molar-refractivity contribution in [3.63, 3.8) is 0 Å². The van der Waals surface area contributed by atoms with Crippen molar-refractivity contribution in [1.29, 1.82) is 0 Å². The van der Waals surface area contributed by atoms with E-state index in [0.717, 1.165) is 4.34 Å². The van der Waals surface area contributed by atoms with Gasteiger partial charge in [-0.1, -0.05) is 25.3 Å². The Balaban J connectivity index is 1.72. The summed E-state index contributed by atoms with van der Waals surface area (Å²) < 4.78 is 6.05. The van der Waals surface area contributed by atoms with Crippen LogP contribution in [0.2, 0.25) is 0 Å². The highest BCUT2D eigenvalue weighted by Gasteiger charge is 2.14. The van der Waals surface area contributed by atoms with Crippen molar-refractivity contribution in [3.8, 4) is 0 Å². The van der Waals surface area contributed by atoms with E-state index >= 15 is 0 Å². The predicted molar refractivity (Wildman–Crippen MR) is 85.0 cm³/mol. The SMILES string of the molecule is Cc1ccc2sc(SNC3CCCCC3)nc2c1C. The molecule has 0 aliphatic heterocycles. The van der Waals surface area contributed by atoms with Gasteiger partial charge >= 0.3 is 0 Å². The number of nitrogens with one attached hydrogen (secondary N) is 1. The molecule has 3 rings (SSSR count). The zero-order valence-corrected chi connectivity index (χ0v) is 13.2. The van der Waals surface area contributed by atoms with Gasteiger partial charge in [-0.25, -0.2) is 4.98 Å². The Morgan fingerprint density at radius 1 is 1.21 bits per heavy atom. The van der Waals surface area contributed by atoms with Gasteiger partial charge in [0.1, 0.15) is 0 Å². The molecule has 19 heavy (non-hydrogen) atoms. The van der Waals surface area contributed by atoms with E-state index in [9.17, 15) is 0 Å². The Bertz CT molecular complexity index is 571. The number of aryl methyl sites for hydroxylation is 2. The van der Waals surface area contributed by atoms with Crippen LogP contribution in [0.5, 0.6) is 0 Å². The van der Waals surface area contributed by atoms with Gasteiger partial charge in [-0.05, 0) is 55.8 Å². The fourth-order valence-electron chi connectivity index (χ4n) is 2.60. The fraction of sp³-hybridized carbons (Fsp3) is 0.533. The summed E-state index contributed by atoms with van der Waals surface area (Å²) in [6.45, 7) is 4.32. The first-order valence-corrected chi connectivity index (χ1v) is 8.66. The van der Waals surface area contributed by atoms with E-state index in [4.69, 9.17) is 4.98 Å². The van der Waals surface area contributed by atoms with Crippen LogP contribution in [-0.2, 0) is 0 Å². The Kier molecular flexibility index (Phi) is 4.10. The highest BCUT2D eigenvalue weighted by molar-refractivity contribution is 7.99. The molecule has 0 spiro atoms. The quantitative estimate of drug-likeness (QED) is 0.819. The van der Waals surface area contributed by atoms with E-state index in [0.29, 0.717) is 6.04 Å². The van der Waals surface area contributed by atoms with Gasteiger partial charge in [0.2, 0.25) is 0 Å². The third-order valence-corrected chi connectivity index (χ3v) is 6.02. The second-order valence-electron chi connectivity index (χ2n) is 5.39. The van der Waals surface area contributed by atoms with Gasteiger partial charge < -0.3 is 0 Å². The average molecular weight is 292 g/mol. The number of aromatic nitrogens is 1. The zero-order valence-electron chi connectivity index (χ0n) is 11.5. The van der Waals surface area contributed by atoms with E-state index < -0.39 is 0 Å². The molecule has 1 N–H and O–H groups in total. The summed E-state index contributed by atoms with van der Waals surface area (Å²) in [6, 6.07) is 5.06. The van der Waals surface area contributed by atoms with E-state index in [1.54, 1.807) is 23.3 Å². The number of thiazole rings is 1. The fourth-order valence-corrected chi connectivity index (χ4v) is 4.58. The molecule has 0 bridgehead atoms. The maximum atomic E-state index is 4.78. The number of rotatable bonds is 3. The van der Waals surface area contributed by atoms with Crippen molar-refractivity contribution >= 4 is 33.5 Å². The Labute approximate surface area is 123 Å². The zero-order chi connectivity index (χ0) is 13.2. The van der Waals surface area contributed by atoms with Crippen LogP contribution in [0.3, 0.4) is 0 Å². The number of hydrogen-bond acceptors (Lipinski definition) is 4. The molecule has 1 fully saturated rings. The lowest BCUT2D eigenvalue weighted by Crippen LogP contribution is -2.25. The standard InChI is InChI=1S/C15H20N2S2/c1-10-8-9-13-14(11(10)2)16-15(18-13)19-17-12-6-4-3-5-7-12/h8-9,12,17H,3-7H2,1-2H3. The van der Waals surface area contributed by atoms with E-state index in [2.05, 4.69) is 30.7 Å². The first-order valence-electron chi connectivity index (χ1n) is 7.03. The highest BCUT2D eigenvalue weighted by Crippen LogP contribution is 2.32. The minimum absolute atomic E-state index is 0.675. The maximum Gasteiger partial charge on any atom is 0.166 e. The second kappa shape index (κ2) is 5.81. The third-order valence-electron chi connectivity index (χ3n) is 3.98. The number of hydrogen-bond donors (Lipinski definition) is 1. The number of nitrogens with zero attached hydrogens (tertiary/aromatic N) is 1. The van der Waals surface area contributed by atoms with Crippen LogP contribution >= 0.6 is 23.3 Å². The summed E-state index contributed by atoms with van der Waals surface area (Å²) in [7, 11) is 0. The summed E-state index contributed by atoms with van der Waals surface area (Å²) in [5.74, 6) is 0. The molecule has 1 heterocycles. The van der Waals surface area contributed by atoms with Crippen LogP contribution in [0.15, 0.2) is 16.5 Å². The molecular weight excluding hydrogens is 272 g/mol. The lowest BCUT2D eigenvalue weighted by atomic mass is 9.96. The van der Waals surface area contributed by atoms with Crippen LogP contribution in [0.25, 0.3) is 10.2 Å². The monoisotopic (exact) mass is 292 g/mol. The first-order chi connectivity index (χ1) is 9.24. The van der Waals surface area contributed by atoms with Crippen molar-refractivity contribution in [2.45, 2.75) is 56.3 Å². The minimum Gasteiger partial charge on any atom is -0.255 e. The van der Waals surface area contributed by atoms with Crippen LogP contribution in [0.1, 0.15) is 43.2 Å². The molecule has 2 nitrogen and oxygen atoms in total. The van der Waals surface area contributed by atoms with Gasteiger partial charge in [-0.15, -0.1) is 11.3 Å². The molecule has 0 atom stereocenters. The summed E-state index contributed by atoms with van der Waals surface area (Å²) in [5, 5.41) is 0. The topological polar surface area (TPSA) is 24.9 Å². The second-order valence-corrected chi connectivity index (χ2v) is 7.50. The maximum absolute atomic E-state index is 4.78. The molecule has 1 aromatic heterocycles. The average Bonchev–Trinajstić information content (AvgIpc) is 2.86. The Morgan fingerprint density at radius 2 is 2.00 bits per heavy atom. The molecule has 4 heteroatoms. The van der Waals surface area contributed by atoms with Gasteiger partial charge in [0.15, 0.2) is 4.34 Å². The highest BCUT2D eigenvalue weighted by atomic mass is 32.2. The van der Waals surface area contributed by atoms with Gasteiger partial charge in [0.05, 0.1) is 10.2 Å². The Hall–Kier alpha value is -0.580. The van der Waals surface area contributed by atoms with Gasteiger partial charge in [-0.3, -0.25) is 4.72 Å². The molecular formula is C15H20N2S2. The summed E-state index contributed by atoms with van der Waals surface area (Å²) >= 11 is 3.52. The van der Waals surface area contributed by atoms with Gasteiger partial charge in [0, 0.05) is 6.04 Å². The molecule has 102 valence electrons. The minimum atomic E-state index is 0.675. The summed E-state index contributed by atoms with van der Waals surface area (Å²) in [6.07, 6.45) is 6.78. The molecule has 0 amide bonds. The van der Waals surface area contributed by atoms with Crippen molar-refractivity contribution in [3.05, 3.63) is 23.3 Å². The third kappa shape index (κ3) is 2.96. The number of fused-ring (bicyclic) bond motifs is 1. The van der Waals surface area contributed by atoms with Crippen molar-refractivity contribution < 1.29 is 0 Å². The van der Waals surface area contributed by atoms with Crippen LogP contribution < -0.4 is 4.72 Å². The van der Waals surface area contributed by atoms with Crippen molar-refractivity contribution in [2.75, 3.05) is 0 Å². The predicted octanol–water partition coefficient (Wildman–Crippen LogP) is 4.84. The summed E-state index contributed by atoms with van der Waals surface area (Å²) in [4.78, 5) is 4.78. The molecule has 2 aromatic rings. The first kappa shape index (κ1) is 13.4. The number of benzene rings is 1. The van der Waals surface area contributed by atoms with Crippen LogP contribution in [0.4, 0.5) is 0 Å². The molecule has 1 aliphatic rings. The lowest BCUT2D eigenvalue weighted by Gasteiger charge is -2.21. The van der Waals surface area contributed by atoms with Crippen molar-refractivity contribution in [2.24, 2.45) is 0 Å². The lowest BCUT2D eigenvalue weighted by molar-refractivity contribution is 0.423. The van der Waals surface area contributed by atoms with Crippen LogP contribution in [-0.4, -0.2) is 11.0 Å². The molecule has 0 unspecified atom stereocenters. The van der Waals surface area contributed by atoms with E-state index in [1.165, 1.54) is 53.4 Å². The molecule has 1 aromatic carbocycles. The largest absolute Gasteiger partial charge is 0.255 e. The van der Waals surface area contributed by atoms with E-state index in [-0.39, 0.29) is 0 Å². The van der Waals surface area contributed by atoms with E-state index in [1.807, 2.05) is 0 Å². The summed E-state index contributed by atoms with van der Waals surface area (Å²) in [5.41, 5.74) is 3.82.